The zero-order valence-electron chi connectivity index (χ0n) is 4.80. The Kier molecular flexibility index (Phi) is 1.25. The number of nitrogens with two attached hydrogens (primary N) is 1. The van der Waals surface area contributed by atoms with Crippen molar-refractivity contribution in [3.8, 4) is 5.75 Å². The minimum absolute atomic E-state index is 0.0579. The third-order valence-electron chi connectivity index (χ3n) is 0.980. The molecule has 5 heteroatoms. The first-order chi connectivity index (χ1) is 4.13. The van der Waals surface area contributed by atoms with Gasteiger partial charge < -0.3 is 10.8 Å². The summed E-state index contributed by atoms with van der Waals surface area (Å²) >= 11 is 5.47. The van der Waals surface area contributed by atoms with Gasteiger partial charge in [0.1, 0.15) is 0 Å². The van der Waals surface area contributed by atoms with Gasteiger partial charge >= 0.3 is 0 Å². The van der Waals surface area contributed by atoms with Crippen molar-refractivity contribution in [1.29, 1.82) is 0 Å². The molecule has 1 aromatic heterocycles. The van der Waals surface area contributed by atoms with E-state index in [0.717, 1.165) is 0 Å². The van der Waals surface area contributed by atoms with Gasteiger partial charge in [0.05, 0.1) is 0 Å². The molecule has 0 bridgehead atoms. The van der Waals surface area contributed by atoms with Gasteiger partial charge in [0.15, 0.2) is 16.7 Å². The molecule has 1 rings (SSSR count). The van der Waals surface area contributed by atoms with Crippen LogP contribution < -0.4 is 5.73 Å². The first-order valence-corrected chi connectivity index (χ1v) is 2.67. The van der Waals surface area contributed by atoms with E-state index >= 15 is 0 Å². The van der Waals surface area contributed by atoms with E-state index in [4.69, 9.17) is 22.4 Å². The maximum Gasteiger partial charge on any atom is 0.197 e. The predicted octanol–water partition coefficient (Wildman–Crippen LogP) is 0.361. The molecule has 0 aromatic carbocycles. The van der Waals surface area contributed by atoms with E-state index in [1.54, 1.807) is 7.05 Å². The Labute approximate surface area is 56.8 Å². The highest BCUT2D eigenvalue weighted by molar-refractivity contribution is 6.31. The maximum atomic E-state index is 8.89. The smallest absolute Gasteiger partial charge is 0.197 e. The average molecular weight is 148 g/mol. The molecule has 50 valence electrons. The van der Waals surface area contributed by atoms with Crippen molar-refractivity contribution in [3.63, 3.8) is 0 Å². The van der Waals surface area contributed by atoms with Crippen LogP contribution in [0.25, 0.3) is 0 Å². The standard InChI is InChI=1S/C4H6ClN3O/c1-8-3(5)2(9)4(6)7-8/h9H,1H3,(H2,6,7). The van der Waals surface area contributed by atoms with Crippen LogP contribution in [0.4, 0.5) is 5.82 Å². The number of hydrogen-bond acceptors (Lipinski definition) is 3. The van der Waals surface area contributed by atoms with Crippen molar-refractivity contribution in [3.05, 3.63) is 5.15 Å². The monoisotopic (exact) mass is 147 g/mol. The number of aromatic nitrogens is 2. The van der Waals surface area contributed by atoms with Crippen LogP contribution in [-0.2, 0) is 7.05 Å². The quantitative estimate of drug-likeness (QED) is 0.557. The summed E-state index contributed by atoms with van der Waals surface area (Å²) in [5, 5.41) is 12.7. The number of aryl methyl sites for hydroxylation is 1. The van der Waals surface area contributed by atoms with Crippen molar-refractivity contribution >= 4 is 17.4 Å². The Balaban J connectivity index is 3.29. The Hall–Kier alpha value is -0.900. The van der Waals surface area contributed by atoms with Gasteiger partial charge in [-0.05, 0) is 0 Å². The van der Waals surface area contributed by atoms with Crippen LogP contribution >= 0.6 is 11.6 Å². The largest absolute Gasteiger partial charge is 0.502 e. The van der Waals surface area contributed by atoms with Gasteiger partial charge in [-0.3, -0.25) is 4.68 Å². The third kappa shape index (κ3) is 0.810. The molecule has 0 saturated carbocycles. The van der Waals surface area contributed by atoms with Gasteiger partial charge in [-0.25, -0.2) is 0 Å². The molecular formula is C4H6ClN3O. The lowest BCUT2D eigenvalue weighted by atomic mass is 10.6. The molecule has 0 fully saturated rings. The highest BCUT2D eigenvalue weighted by atomic mass is 35.5. The summed E-state index contributed by atoms with van der Waals surface area (Å²) < 4.78 is 1.30. The second-order valence-electron chi connectivity index (χ2n) is 1.65. The van der Waals surface area contributed by atoms with Gasteiger partial charge in [0.25, 0.3) is 0 Å². The van der Waals surface area contributed by atoms with Crippen LogP contribution in [0.5, 0.6) is 5.75 Å². The number of aromatic hydroxyl groups is 1. The average Bonchev–Trinajstić information content (AvgIpc) is 1.98. The zero-order valence-corrected chi connectivity index (χ0v) is 5.55. The van der Waals surface area contributed by atoms with E-state index in [1.807, 2.05) is 0 Å². The molecule has 4 nitrogen and oxygen atoms in total. The fourth-order valence-corrected chi connectivity index (χ4v) is 0.646. The van der Waals surface area contributed by atoms with E-state index < -0.39 is 0 Å². The predicted molar refractivity (Wildman–Crippen MR) is 34.3 cm³/mol. The van der Waals surface area contributed by atoms with Crippen LogP contribution in [0.3, 0.4) is 0 Å². The van der Waals surface area contributed by atoms with E-state index in [9.17, 15) is 0 Å². The second kappa shape index (κ2) is 1.80. The van der Waals surface area contributed by atoms with E-state index in [2.05, 4.69) is 5.10 Å². The molecule has 0 amide bonds. The fourth-order valence-electron chi connectivity index (χ4n) is 0.512. The Morgan fingerprint density at radius 2 is 2.33 bits per heavy atom. The van der Waals surface area contributed by atoms with Gasteiger partial charge in [0.2, 0.25) is 0 Å². The molecule has 0 radical (unpaired) electrons. The third-order valence-corrected chi connectivity index (χ3v) is 1.40. The molecule has 0 atom stereocenters. The van der Waals surface area contributed by atoms with Crippen molar-refractivity contribution in [2.75, 3.05) is 5.73 Å². The highest BCUT2D eigenvalue weighted by Crippen LogP contribution is 2.27. The van der Waals surface area contributed by atoms with Crippen molar-refractivity contribution in [2.24, 2.45) is 7.05 Å². The lowest BCUT2D eigenvalue weighted by Crippen LogP contribution is -1.91. The molecule has 0 aliphatic heterocycles. The number of nitrogen functional groups attached to an aromatic ring is 1. The number of rotatable bonds is 0. The SMILES string of the molecule is Cn1nc(N)c(O)c1Cl. The number of nitrogens with zero attached hydrogens (tertiary/aromatic N) is 2. The molecule has 0 unspecified atom stereocenters. The summed E-state index contributed by atoms with van der Waals surface area (Å²) in [7, 11) is 1.60. The summed E-state index contributed by atoms with van der Waals surface area (Å²) in [4.78, 5) is 0. The molecule has 0 spiro atoms. The van der Waals surface area contributed by atoms with Crippen molar-refractivity contribution in [1.82, 2.24) is 9.78 Å². The number of hydrogen-bond donors (Lipinski definition) is 2. The van der Waals surface area contributed by atoms with Gasteiger partial charge in [0, 0.05) is 7.05 Å². The van der Waals surface area contributed by atoms with Crippen LogP contribution in [0.15, 0.2) is 0 Å². The van der Waals surface area contributed by atoms with Crippen LogP contribution in [0.2, 0.25) is 5.15 Å². The van der Waals surface area contributed by atoms with Crippen LogP contribution in [0.1, 0.15) is 0 Å². The van der Waals surface area contributed by atoms with Crippen LogP contribution in [-0.4, -0.2) is 14.9 Å². The zero-order chi connectivity index (χ0) is 7.02. The first-order valence-electron chi connectivity index (χ1n) is 2.30. The lowest BCUT2D eigenvalue weighted by molar-refractivity contribution is 0.477. The normalized spacial score (nSPS) is 10.0. The highest BCUT2D eigenvalue weighted by Gasteiger charge is 2.08. The molecule has 1 heterocycles. The molecule has 0 aliphatic rings. The Morgan fingerprint density at radius 3 is 2.44 bits per heavy atom. The molecule has 0 saturated heterocycles. The van der Waals surface area contributed by atoms with Gasteiger partial charge in [-0.1, -0.05) is 11.6 Å². The van der Waals surface area contributed by atoms with E-state index in [1.165, 1.54) is 4.68 Å². The van der Waals surface area contributed by atoms with Crippen molar-refractivity contribution in [2.45, 2.75) is 0 Å². The summed E-state index contributed by atoms with van der Waals surface area (Å²) in [6, 6.07) is 0. The molecular weight excluding hydrogens is 142 g/mol. The summed E-state index contributed by atoms with van der Waals surface area (Å²) in [6.45, 7) is 0. The Morgan fingerprint density at radius 1 is 1.78 bits per heavy atom. The maximum absolute atomic E-state index is 8.89. The van der Waals surface area contributed by atoms with E-state index in [0.29, 0.717) is 0 Å². The van der Waals surface area contributed by atoms with E-state index in [-0.39, 0.29) is 16.7 Å². The minimum atomic E-state index is -0.154. The Bertz CT molecular complexity index is 209. The summed E-state index contributed by atoms with van der Waals surface area (Å²) in [5.41, 5.74) is 5.18. The summed E-state index contributed by atoms with van der Waals surface area (Å²) in [6.07, 6.45) is 0. The van der Waals surface area contributed by atoms with Crippen molar-refractivity contribution < 1.29 is 5.11 Å². The fraction of sp³-hybridized carbons (Fsp3) is 0.250. The molecule has 0 aliphatic carbocycles. The first kappa shape index (κ1) is 6.22. The minimum Gasteiger partial charge on any atom is -0.502 e. The number of halogens is 1. The topological polar surface area (TPSA) is 64.1 Å². The second-order valence-corrected chi connectivity index (χ2v) is 2.01. The lowest BCUT2D eigenvalue weighted by Gasteiger charge is -1.86. The summed E-state index contributed by atoms with van der Waals surface area (Å²) in [5.74, 6) is -0.0957. The van der Waals surface area contributed by atoms with Gasteiger partial charge in [-0.2, -0.15) is 5.10 Å². The number of anilines is 1. The molecule has 1 aromatic rings. The van der Waals surface area contributed by atoms with Gasteiger partial charge in [-0.15, -0.1) is 0 Å². The van der Waals surface area contributed by atoms with Crippen LogP contribution in [0, 0.1) is 0 Å². The molecule has 3 N–H and O–H groups in total. The molecule has 9 heavy (non-hydrogen) atoms.